The Kier molecular flexibility index (Phi) is 4.81. The predicted octanol–water partition coefficient (Wildman–Crippen LogP) is 2.19. The fraction of sp³-hybridized carbons (Fsp3) is 0.643. The fourth-order valence-electron chi connectivity index (χ4n) is 2.69. The Morgan fingerprint density at radius 2 is 2.22 bits per heavy atom. The number of nitrogens with two attached hydrogens (primary N) is 1. The Morgan fingerprint density at radius 3 is 2.89 bits per heavy atom. The highest BCUT2D eigenvalue weighted by Crippen LogP contribution is 2.29. The summed E-state index contributed by atoms with van der Waals surface area (Å²) in [4.78, 5) is 6.65. The third-order valence-corrected chi connectivity index (χ3v) is 3.63. The van der Waals surface area contributed by atoms with E-state index >= 15 is 0 Å². The summed E-state index contributed by atoms with van der Waals surface area (Å²) in [7, 11) is 1.66. The van der Waals surface area contributed by atoms with E-state index in [-0.39, 0.29) is 0 Å². The second-order valence-corrected chi connectivity index (χ2v) is 4.83. The Labute approximate surface area is 109 Å². The standard InChI is InChI=1S/C14H23N3O/c1-18-14-11-13(7-9-16-14)17(10-4-8-15)12-5-2-3-6-12/h7,9,11-12H,2-6,8,10,15H2,1H3. The van der Waals surface area contributed by atoms with Crippen molar-refractivity contribution < 1.29 is 4.74 Å². The molecule has 0 bridgehead atoms. The Morgan fingerprint density at radius 1 is 1.44 bits per heavy atom. The maximum Gasteiger partial charge on any atom is 0.214 e. The Bertz CT molecular complexity index is 364. The molecule has 4 heteroatoms. The van der Waals surface area contributed by atoms with Gasteiger partial charge in [0.05, 0.1) is 7.11 Å². The minimum absolute atomic E-state index is 0.656. The molecular weight excluding hydrogens is 226 g/mol. The van der Waals surface area contributed by atoms with Crippen LogP contribution in [-0.2, 0) is 0 Å². The number of ether oxygens (including phenoxy) is 1. The summed E-state index contributed by atoms with van der Waals surface area (Å²) < 4.78 is 5.21. The first-order valence-electron chi connectivity index (χ1n) is 6.82. The van der Waals surface area contributed by atoms with Gasteiger partial charge in [-0.2, -0.15) is 0 Å². The van der Waals surface area contributed by atoms with Crippen LogP contribution in [0, 0.1) is 0 Å². The number of pyridine rings is 1. The monoisotopic (exact) mass is 249 g/mol. The van der Waals surface area contributed by atoms with Crippen LogP contribution >= 0.6 is 0 Å². The van der Waals surface area contributed by atoms with Gasteiger partial charge >= 0.3 is 0 Å². The molecule has 0 spiro atoms. The first-order valence-corrected chi connectivity index (χ1v) is 6.82. The van der Waals surface area contributed by atoms with E-state index < -0.39 is 0 Å². The minimum atomic E-state index is 0.656. The summed E-state index contributed by atoms with van der Waals surface area (Å²) in [5.74, 6) is 0.684. The van der Waals surface area contributed by atoms with Crippen LogP contribution < -0.4 is 15.4 Å². The van der Waals surface area contributed by atoms with Crippen molar-refractivity contribution in [2.75, 3.05) is 25.1 Å². The van der Waals surface area contributed by atoms with E-state index in [1.807, 2.05) is 12.3 Å². The summed E-state index contributed by atoms with van der Waals surface area (Å²) in [6.45, 7) is 1.76. The van der Waals surface area contributed by atoms with Crippen LogP contribution in [-0.4, -0.2) is 31.2 Å². The predicted molar refractivity (Wildman–Crippen MR) is 74.1 cm³/mol. The average Bonchev–Trinajstić information content (AvgIpc) is 2.93. The van der Waals surface area contributed by atoms with E-state index in [2.05, 4.69) is 16.0 Å². The van der Waals surface area contributed by atoms with Gasteiger partial charge in [-0.05, 0) is 31.9 Å². The summed E-state index contributed by atoms with van der Waals surface area (Å²) in [5, 5.41) is 0. The molecule has 1 aliphatic rings. The van der Waals surface area contributed by atoms with Crippen molar-refractivity contribution in [1.82, 2.24) is 4.98 Å². The molecule has 0 saturated heterocycles. The Balaban J connectivity index is 2.14. The molecule has 1 heterocycles. The molecule has 1 aromatic rings. The molecule has 0 radical (unpaired) electrons. The average molecular weight is 249 g/mol. The highest BCUT2D eigenvalue weighted by Gasteiger charge is 2.22. The highest BCUT2D eigenvalue weighted by atomic mass is 16.5. The highest BCUT2D eigenvalue weighted by molar-refractivity contribution is 5.49. The quantitative estimate of drug-likeness (QED) is 0.839. The van der Waals surface area contributed by atoms with Crippen LogP contribution in [0.15, 0.2) is 18.3 Å². The van der Waals surface area contributed by atoms with Gasteiger partial charge in [-0.1, -0.05) is 12.8 Å². The first kappa shape index (κ1) is 13.1. The van der Waals surface area contributed by atoms with Crippen molar-refractivity contribution in [2.24, 2.45) is 5.73 Å². The molecule has 0 amide bonds. The number of anilines is 1. The molecule has 1 saturated carbocycles. The van der Waals surface area contributed by atoms with E-state index in [1.54, 1.807) is 7.11 Å². The van der Waals surface area contributed by atoms with Crippen LogP contribution in [0.5, 0.6) is 5.88 Å². The lowest BCUT2D eigenvalue weighted by Gasteiger charge is -2.31. The molecule has 100 valence electrons. The van der Waals surface area contributed by atoms with Gasteiger partial charge in [-0.15, -0.1) is 0 Å². The molecular formula is C14H23N3O. The van der Waals surface area contributed by atoms with Gasteiger partial charge in [0, 0.05) is 30.5 Å². The lowest BCUT2D eigenvalue weighted by molar-refractivity contribution is 0.397. The Hall–Kier alpha value is -1.29. The summed E-state index contributed by atoms with van der Waals surface area (Å²) in [6.07, 6.45) is 8.10. The van der Waals surface area contributed by atoms with E-state index in [1.165, 1.54) is 31.4 Å². The maximum absolute atomic E-state index is 5.65. The van der Waals surface area contributed by atoms with E-state index in [0.717, 1.165) is 19.5 Å². The number of rotatable bonds is 6. The fourth-order valence-corrected chi connectivity index (χ4v) is 2.69. The molecule has 0 atom stereocenters. The molecule has 2 rings (SSSR count). The van der Waals surface area contributed by atoms with Crippen LogP contribution in [0.3, 0.4) is 0 Å². The summed E-state index contributed by atoms with van der Waals surface area (Å²) >= 11 is 0. The minimum Gasteiger partial charge on any atom is -0.481 e. The van der Waals surface area contributed by atoms with Crippen molar-refractivity contribution in [3.8, 4) is 5.88 Å². The second kappa shape index (κ2) is 6.59. The van der Waals surface area contributed by atoms with Gasteiger partial charge in [0.15, 0.2) is 0 Å². The molecule has 1 aromatic heterocycles. The molecule has 0 aliphatic heterocycles. The number of aromatic nitrogens is 1. The van der Waals surface area contributed by atoms with E-state index in [9.17, 15) is 0 Å². The van der Waals surface area contributed by atoms with Gasteiger partial charge < -0.3 is 15.4 Å². The zero-order valence-corrected chi connectivity index (χ0v) is 11.1. The molecule has 0 aromatic carbocycles. The lowest BCUT2D eigenvalue weighted by atomic mass is 10.1. The van der Waals surface area contributed by atoms with Crippen LogP contribution in [0.4, 0.5) is 5.69 Å². The van der Waals surface area contributed by atoms with Crippen molar-refractivity contribution in [3.63, 3.8) is 0 Å². The molecule has 0 unspecified atom stereocenters. The molecule has 2 N–H and O–H groups in total. The molecule has 1 fully saturated rings. The second-order valence-electron chi connectivity index (χ2n) is 4.83. The number of hydrogen-bond donors (Lipinski definition) is 1. The van der Waals surface area contributed by atoms with Crippen LogP contribution in [0.1, 0.15) is 32.1 Å². The molecule has 4 nitrogen and oxygen atoms in total. The van der Waals surface area contributed by atoms with Crippen molar-refractivity contribution in [2.45, 2.75) is 38.1 Å². The summed E-state index contributed by atoms with van der Waals surface area (Å²) in [5.41, 5.74) is 6.86. The van der Waals surface area contributed by atoms with Gasteiger partial charge in [-0.25, -0.2) is 4.98 Å². The smallest absolute Gasteiger partial charge is 0.214 e. The van der Waals surface area contributed by atoms with Gasteiger partial charge in [-0.3, -0.25) is 0 Å². The normalized spacial score (nSPS) is 15.9. The molecule has 1 aliphatic carbocycles. The lowest BCUT2D eigenvalue weighted by Crippen LogP contribution is -2.35. The topological polar surface area (TPSA) is 51.4 Å². The number of hydrogen-bond acceptors (Lipinski definition) is 4. The maximum atomic E-state index is 5.65. The third kappa shape index (κ3) is 3.13. The zero-order chi connectivity index (χ0) is 12.8. The van der Waals surface area contributed by atoms with Gasteiger partial charge in [0.2, 0.25) is 5.88 Å². The first-order chi connectivity index (χ1) is 8.85. The van der Waals surface area contributed by atoms with Crippen LogP contribution in [0.2, 0.25) is 0 Å². The van der Waals surface area contributed by atoms with Crippen molar-refractivity contribution >= 4 is 5.69 Å². The van der Waals surface area contributed by atoms with Crippen LogP contribution in [0.25, 0.3) is 0 Å². The van der Waals surface area contributed by atoms with Crippen molar-refractivity contribution in [1.29, 1.82) is 0 Å². The number of nitrogens with zero attached hydrogens (tertiary/aromatic N) is 2. The number of methoxy groups -OCH3 is 1. The summed E-state index contributed by atoms with van der Waals surface area (Å²) in [6, 6.07) is 4.75. The van der Waals surface area contributed by atoms with E-state index in [4.69, 9.17) is 10.5 Å². The molecule has 18 heavy (non-hydrogen) atoms. The van der Waals surface area contributed by atoms with Crippen molar-refractivity contribution in [3.05, 3.63) is 18.3 Å². The van der Waals surface area contributed by atoms with E-state index in [0.29, 0.717) is 11.9 Å². The van der Waals surface area contributed by atoms with Gasteiger partial charge in [0.1, 0.15) is 0 Å². The van der Waals surface area contributed by atoms with Gasteiger partial charge in [0.25, 0.3) is 0 Å². The SMILES string of the molecule is COc1cc(N(CCCN)C2CCCC2)ccn1. The largest absolute Gasteiger partial charge is 0.481 e. The zero-order valence-electron chi connectivity index (χ0n) is 11.1. The third-order valence-electron chi connectivity index (χ3n) is 3.63.